The normalized spacial score (nSPS) is 12.7. The molecule has 0 saturated heterocycles. The van der Waals surface area contributed by atoms with Gasteiger partial charge in [-0.2, -0.15) is 4.99 Å². The molecule has 1 aromatic heterocycles. The van der Waals surface area contributed by atoms with E-state index in [9.17, 15) is 13.2 Å². The van der Waals surface area contributed by atoms with Gasteiger partial charge in [0.15, 0.2) is 14.6 Å². The van der Waals surface area contributed by atoms with Crippen LogP contribution in [0.2, 0.25) is 0 Å². The first kappa shape index (κ1) is 17.6. The molecule has 25 heavy (non-hydrogen) atoms. The monoisotopic (exact) mass is 374 g/mol. The number of hydrogen-bond donors (Lipinski definition) is 0. The Bertz CT molecular complexity index is 1170. The van der Waals surface area contributed by atoms with E-state index in [4.69, 9.17) is 0 Å². The van der Waals surface area contributed by atoms with Gasteiger partial charge in [0.1, 0.15) is 0 Å². The minimum atomic E-state index is -3.27. The van der Waals surface area contributed by atoms with Crippen LogP contribution in [0.5, 0.6) is 0 Å². The van der Waals surface area contributed by atoms with Crippen molar-refractivity contribution in [1.29, 1.82) is 0 Å². The summed E-state index contributed by atoms with van der Waals surface area (Å²) in [4.78, 5) is 17.5. The van der Waals surface area contributed by atoms with E-state index < -0.39 is 9.84 Å². The van der Waals surface area contributed by atoms with Crippen molar-refractivity contribution in [2.24, 2.45) is 12.0 Å². The molecule has 0 aliphatic carbocycles. The van der Waals surface area contributed by atoms with E-state index in [2.05, 4.69) is 4.99 Å². The van der Waals surface area contributed by atoms with Crippen molar-refractivity contribution >= 4 is 37.3 Å². The molecule has 5 nitrogen and oxygen atoms in total. The molecule has 130 valence electrons. The fraction of sp³-hybridized carbons (Fsp3) is 0.222. The lowest BCUT2D eigenvalue weighted by molar-refractivity contribution is 0.0998. The molecule has 2 aromatic carbocycles. The van der Waals surface area contributed by atoms with Crippen molar-refractivity contribution in [3.63, 3.8) is 0 Å². The van der Waals surface area contributed by atoms with Gasteiger partial charge < -0.3 is 4.57 Å². The minimum Gasteiger partial charge on any atom is -0.319 e. The summed E-state index contributed by atoms with van der Waals surface area (Å²) in [6.07, 6.45) is 1.18. The SMILES string of the molecule is Cc1ccc(C(=O)N=c2sc3cc(S(C)(=O)=O)ccc3n2C)cc1C. The van der Waals surface area contributed by atoms with Gasteiger partial charge in [0, 0.05) is 18.9 Å². The molecule has 0 unspecified atom stereocenters. The number of aromatic nitrogens is 1. The number of hydrogen-bond acceptors (Lipinski definition) is 4. The maximum absolute atomic E-state index is 12.5. The fourth-order valence-electron chi connectivity index (χ4n) is 2.48. The van der Waals surface area contributed by atoms with E-state index in [1.54, 1.807) is 28.8 Å². The second kappa shape index (κ2) is 6.24. The maximum atomic E-state index is 12.5. The zero-order chi connectivity index (χ0) is 18.4. The summed E-state index contributed by atoms with van der Waals surface area (Å²) in [7, 11) is -1.46. The molecular formula is C18H18N2O3S2. The van der Waals surface area contributed by atoms with Crippen LogP contribution in [0.3, 0.4) is 0 Å². The molecule has 1 amide bonds. The predicted molar refractivity (Wildman–Crippen MR) is 99.7 cm³/mol. The molecule has 0 aliphatic rings. The van der Waals surface area contributed by atoms with Crippen LogP contribution in [0.25, 0.3) is 10.2 Å². The van der Waals surface area contributed by atoms with Crippen molar-refractivity contribution in [3.05, 3.63) is 57.9 Å². The lowest BCUT2D eigenvalue weighted by atomic mass is 10.1. The first-order valence-electron chi connectivity index (χ1n) is 7.63. The average Bonchev–Trinajstić information content (AvgIpc) is 2.85. The zero-order valence-electron chi connectivity index (χ0n) is 14.4. The van der Waals surface area contributed by atoms with Crippen LogP contribution in [-0.2, 0) is 16.9 Å². The van der Waals surface area contributed by atoms with Crippen LogP contribution in [0, 0.1) is 13.8 Å². The summed E-state index contributed by atoms with van der Waals surface area (Å²) in [5.41, 5.74) is 3.54. The van der Waals surface area contributed by atoms with Crippen LogP contribution in [-0.4, -0.2) is 25.1 Å². The summed E-state index contributed by atoms with van der Waals surface area (Å²) in [5.74, 6) is -0.311. The number of rotatable bonds is 2. The Kier molecular flexibility index (Phi) is 4.38. The number of aryl methyl sites for hydroxylation is 3. The number of nitrogens with zero attached hydrogens (tertiary/aromatic N) is 2. The van der Waals surface area contributed by atoms with Gasteiger partial charge in [-0.05, 0) is 55.3 Å². The molecule has 7 heteroatoms. The summed E-state index contributed by atoms with van der Waals surface area (Å²) < 4.78 is 26.0. The number of sulfone groups is 1. The Balaban J connectivity index is 2.11. The van der Waals surface area contributed by atoms with E-state index in [1.165, 1.54) is 17.6 Å². The molecule has 1 heterocycles. The quantitative estimate of drug-likeness (QED) is 0.692. The van der Waals surface area contributed by atoms with Gasteiger partial charge in [-0.3, -0.25) is 4.79 Å². The first-order valence-corrected chi connectivity index (χ1v) is 10.3. The van der Waals surface area contributed by atoms with E-state index in [-0.39, 0.29) is 10.8 Å². The number of thiazole rings is 1. The van der Waals surface area contributed by atoms with Crippen molar-refractivity contribution < 1.29 is 13.2 Å². The molecular weight excluding hydrogens is 356 g/mol. The highest BCUT2D eigenvalue weighted by Crippen LogP contribution is 2.21. The van der Waals surface area contributed by atoms with E-state index >= 15 is 0 Å². The highest BCUT2D eigenvalue weighted by Gasteiger charge is 2.12. The largest absolute Gasteiger partial charge is 0.319 e. The highest BCUT2D eigenvalue weighted by atomic mass is 32.2. The van der Waals surface area contributed by atoms with Gasteiger partial charge in [-0.1, -0.05) is 17.4 Å². The molecule has 0 saturated carbocycles. The summed E-state index contributed by atoms with van der Waals surface area (Å²) in [6.45, 7) is 3.95. The summed E-state index contributed by atoms with van der Waals surface area (Å²) >= 11 is 1.30. The standard InChI is InChI=1S/C18H18N2O3S2/c1-11-5-6-13(9-12(11)2)17(21)19-18-20(3)15-8-7-14(25(4,22)23)10-16(15)24-18/h5-10H,1-4H3. The van der Waals surface area contributed by atoms with Gasteiger partial charge in [0.05, 0.1) is 15.1 Å². The third-order valence-electron chi connectivity index (χ3n) is 4.16. The molecule has 0 spiro atoms. The minimum absolute atomic E-state index is 0.258. The van der Waals surface area contributed by atoms with E-state index in [0.29, 0.717) is 10.4 Å². The summed E-state index contributed by atoms with van der Waals surface area (Å²) in [5, 5.41) is 0. The lowest BCUT2D eigenvalue weighted by Gasteiger charge is -2.01. The Morgan fingerprint density at radius 2 is 1.80 bits per heavy atom. The number of carbonyl (C=O) groups excluding carboxylic acids is 1. The molecule has 0 bridgehead atoms. The van der Waals surface area contributed by atoms with Crippen molar-refractivity contribution in [3.8, 4) is 0 Å². The Hall–Kier alpha value is -2.25. The van der Waals surface area contributed by atoms with Gasteiger partial charge in [-0.25, -0.2) is 8.42 Å². The lowest BCUT2D eigenvalue weighted by Crippen LogP contribution is -2.13. The van der Waals surface area contributed by atoms with Crippen LogP contribution in [0.4, 0.5) is 0 Å². The van der Waals surface area contributed by atoms with Gasteiger partial charge >= 0.3 is 0 Å². The van der Waals surface area contributed by atoms with Crippen LogP contribution in [0.15, 0.2) is 46.3 Å². The van der Waals surface area contributed by atoms with Crippen LogP contribution < -0.4 is 4.80 Å². The Morgan fingerprint density at radius 3 is 2.44 bits per heavy atom. The van der Waals surface area contributed by atoms with Crippen molar-refractivity contribution in [2.75, 3.05) is 6.26 Å². The smallest absolute Gasteiger partial charge is 0.279 e. The molecule has 0 aliphatic heterocycles. The molecule has 0 N–H and O–H groups in total. The van der Waals surface area contributed by atoms with Gasteiger partial charge in [0.2, 0.25) is 0 Å². The van der Waals surface area contributed by atoms with Gasteiger partial charge in [-0.15, -0.1) is 0 Å². The number of benzene rings is 2. The molecule has 0 fully saturated rings. The predicted octanol–water partition coefficient (Wildman–Crippen LogP) is 3.00. The molecule has 0 atom stereocenters. The van der Waals surface area contributed by atoms with Gasteiger partial charge in [0.25, 0.3) is 5.91 Å². The second-order valence-corrected chi connectivity index (χ2v) is 9.09. The van der Waals surface area contributed by atoms with Crippen LogP contribution >= 0.6 is 11.3 Å². The first-order chi connectivity index (χ1) is 11.7. The third kappa shape index (κ3) is 3.43. The Morgan fingerprint density at radius 1 is 1.08 bits per heavy atom. The van der Waals surface area contributed by atoms with Crippen molar-refractivity contribution in [2.45, 2.75) is 18.7 Å². The number of fused-ring (bicyclic) bond motifs is 1. The summed E-state index contributed by atoms with van der Waals surface area (Å²) in [6, 6.07) is 10.4. The van der Waals surface area contributed by atoms with E-state index in [0.717, 1.165) is 21.3 Å². The molecule has 3 aromatic rings. The highest BCUT2D eigenvalue weighted by molar-refractivity contribution is 7.90. The molecule has 0 radical (unpaired) electrons. The Labute approximate surface area is 150 Å². The van der Waals surface area contributed by atoms with Crippen LogP contribution in [0.1, 0.15) is 21.5 Å². The molecule has 3 rings (SSSR count). The maximum Gasteiger partial charge on any atom is 0.279 e. The third-order valence-corrected chi connectivity index (χ3v) is 6.36. The van der Waals surface area contributed by atoms with E-state index in [1.807, 2.05) is 33.0 Å². The number of carbonyl (C=O) groups is 1. The zero-order valence-corrected chi connectivity index (χ0v) is 16.0. The van der Waals surface area contributed by atoms with Crippen molar-refractivity contribution in [1.82, 2.24) is 4.57 Å². The topological polar surface area (TPSA) is 68.5 Å². The fourth-order valence-corrected chi connectivity index (χ4v) is 4.26. The average molecular weight is 374 g/mol. The second-order valence-electron chi connectivity index (χ2n) is 6.06. The number of amides is 1.